The summed E-state index contributed by atoms with van der Waals surface area (Å²) in [7, 11) is 0. The zero-order valence-electron chi connectivity index (χ0n) is 12.0. The molecule has 3 rings (SSSR count). The normalized spacial score (nSPS) is 14.6. The number of nitrogens with zero attached hydrogens (tertiary/aromatic N) is 2. The molecule has 122 valence electrons. The number of alkyl halides is 3. The van der Waals surface area contributed by atoms with Crippen molar-refractivity contribution in [3.05, 3.63) is 52.3 Å². The molecule has 0 saturated carbocycles. The number of aromatic nitrogens is 2. The minimum absolute atomic E-state index is 0.000823. The molecule has 1 aliphatic heterocycles. The number of carboxylic acid groups (broad SMARTS) is 1. The van der Waals surface area contributed by atoms with Crippen molar-refractivity contribution in [3.8, 4) is 0 Å². The van der Waals surface area contributed by atoms with Crippen molar-refractivity contribution < 1.29 is 23.1 Å². The number of aromatic carboxylic acids is 1. The van der Waals surface area contributed by atoms with Gasteiger partial charge in [-0.2, -0.15) is 18.3 Å². The fourth-order valence-electron chi connectivity index (χ4n) is 2.69. The van der Waals surface area contributed by atoms with Gasteiger partial charge in [-0.05, 0) is 17.7 Å². The Morgan fingerprint density at radius 2 is 2.00 bits per heavy atom. The molecule has 5 nitrogen and oxygen atoms in total. The van der Waals surface area contributed by atoms with Crippen LogP contribution in [0.5, 0.6) is 0 Å². The first-order valence-electron chi connectivity index (χ1n) is 7.05. The summed E-state index contributed by atoms with van der Waals surface area (Å²) in [6, 6.07) is 4.81. The van der Waals surface area contributed by atoms with Gasteiger partial charge in [-0.3, -0.25) is 4.68 Å². The standard InChI is InChI=1S/C15H14F3N3O2/c16-15(17,18)10-3-1-9(2-4-10)8-21-12-5-6-19-7-11(12)13(20-21)14(22)23/h1-4,19H,5-8H2,(H,22,23). The Labute approximate surface area is 129 Å². The minimum atomic E-state index is -4.37. The highest BCUT2D eigenvalue weighted by molar-refractivity contribution is 5.87. The van der Waals surface area contributed by atoms with Crippen LogP contribution in [0.3, 0.4) is 0 Å². The van der Waals surface area contributed by atoms with Crippen LogP contribution in [0.4, 0.5) is 13.2 Å². The Morgan fingerprint density at radius 3 is 2.61 bits per heavy atom. The van der Waals surface area contributed by atoms with Gasteiger partial charge in [0.05, 0.1) is 12.1 Å². The van der Waals surface area contributed by atoms with Crippen LogP contribution in [0, 0.1) is 0 Å². The van der Waals surface area contributed by atoms with E-state index in [-0.39, 0.29) is 12.2 Å². The van der Waals surface area contributed by atoms with Crippen molar-refractivity contribution in [3.63, 3.8) is 0 Å². The number of hydrogen-bond donors (Lipinski definition) is 2. The van der Waals surface area contributed by atoms with Crippen LogP contribution in [0.15, 0.2) is 24.3 Å². The lowest BCUT2D eigenvalue weighted by Gasteiger charge is -2.15. The highest BCUT2D eigenvalue weighted by atomic mass is 19.4. The average molecular weight is 325 g/mol. The summed E-state index contributed by atoms with van der Waals surface area (Å²) in [5.74, 6) is -1.10. The van der Waals surface area contributed by atoms with E-state index in [0.29, 0.717) is 30.6 Å². The lowest BCUT2D eigenvalue weighted by Crippen LogP contribution is -2.25. The number of carbonyl (C=O) groups is 1. The molecule has 0 bridgehead atoms. The second-order valence-corrected chi connectivity index (χ2v) is 5.36. The Hall–Kier alpha value is -2.35. The van der Waals surface area contributed by atoms with E-state index in [0.717, 1.165) is 17.8 Å². The third-order valence-corrected chi connectivity index (χ3v) is 3.82. The van der Waals surface area contributed by atoms with Gasteiger partial charge in [0, 0.05) is 30.8 Å². The number of rotatable bonds is 3. The number of hydrogen-bond acceptors (Lipinski definition) is 3. The quantitative estimate of drug-likeness (QED) is 0.909. The van der Waals surface area contributed by atoms with Gasteiger partial charge in [0.2, 0.25) is 0 Å². The first-order chi connectivity index (χ1) is 10.9. The molecule has 0 spiro atoms. The lowest BCUT2D eigenvalue weighted by atomic mass is 10.1. The molecular weight excluding hydrogens is 311 g/mol. The van der Waals surface area contributed by atoms with Gasteiger partial charge in [-0.25, -0.2) is 4.79 Å². The van der Waals surface area contributed by atoms with Crippen molar-refractivity contribution in [2.45, 2.75) is 25.7 Å². The SMILES string of the molecule is O=C(O)c1nn(Cc2ccc(C(F)(F)F)cc2)c2c1CNCC2. The first-order valence-corrected chi connectivity index (χ1v) is 7.05. The average Bonchev–Trinajstić information content (AvgIpc) is 2.86. The third kappa shape index (κ3) is 3.07. The molecule has 1 aromatic heterocycles. The maximum atomic E-state index is 12.6. The molecule has 1 aliphatic rings. The molecule has 2 N–H and O–H groups in total. The Balaban J connectivity index is 1.90. The van der Waals surface area contributed by atoms with Crippen LogP contribution < -0.4 is 5.32 Å². The molecule has 0 saturated heterocycles. The summed E-state index contributed by atoms with van der Waals surface area (Å²) >= 11 is 0. The molecule has 8 heteroatoms. The molecule has 1 aromatic carbocycles. The molecule has 0 fully saturated rings. The molecule has 0 aliphatic carbocycles. The Kier molecular flexibility index (Phi) is 3.85. The van der Waals surface area contributed by atoms with Crippen LogP contribution in [0.1, 0.15) is 32.9 Å². The van der Waals surface area contributed by atoms with E-state index in [1.54, 1.807) is 4.68 Å². The molecule has 0 amide bonds. The van der Waals surface area contributed by atoms with Gasteiger partial charge < -0.3 is 10.4 Å². The van der Waals surface area contributed by atoms with Crippen molar-refractivity contribution in [1.82, 2.24) is 15.1 Å². The second-order valence-electron chi connectivity index (χ2n) is 5.36. The smallest absolute Gasteiger partial charge is 0.416 e. The van der Waals surface area contributed by atoms with E-state index in [1.807, 2.05) is 0 Å². The van der Waals surface area contributed by atoms with E-state index < -0.39 is 17.7 Å². The number of fused-ring (bicyclic) bond motifs is 1. The number of benzene rings is 1. The number of nitrogens with one attached hydrogen (secondary N) is 1. The van der Waals surface area contributed by atoms with Gasteiger partial charge in [-0.15, -0.1) is 0 Å². The second kappa shape index (κ2) is 5.69. The predicted octanol–water partition coefficient (Wildman–Crippen LogP) is 2.29. The van der Waals surface area contributed by atoms with Gasteiger partial charge in [0.25, 0.3) is 0 Å². The third-order valence-electron chi connectivity index (χ3n) is 3.82. The Morgan fingerprint density at radius 1 is 1.30 bits per heavy atom. The molecule has 0 radical (unpaired) electrons. The van der Waals surface area contributed by atoms with Gasteiger partial charge in [-0.1, -0.05) is 12.1 Å². The summed E-state index contributed by atoms with van der Waals surface area (Å²) in [5.41, 5.74) is 1.40. The van der Waals surface area contributed by atoms with E-state index in [2.05, 4.69) is 10.4 Å². The summed E-state index contributed by atoms with van der Waals surface area (Å²) in [5, 5.41) is 16.4. The largest absolute Gasteiger partial charge is 0.476 e. The van der Waals surface area contributed by atoms with E-state index >= 15 is 0 Å². The molecule has 0 unspecified atom stereocenters. The molecule has 23 heavy (non-hydrogen) atoms. The van der Waals surface area contributed by atoms with E-state index in [1.165, 1.54) is 12.1 Å². The number of halogens is 3. The van der Waals surface area contributed by atoms with Gasteiger partial charge >= 0.3 is 12.1 Å². The van der Waals surface area contributed by atoms with Crippen molar-refractivity contribution in [2.24, 2.45) is 0 Å². The van der Waals surface area contributed by atoms with Crippen LogP contribution in [0.2, 0.25) is 0 Å². The van der Waals surface area contributed by atoms with Crippen LogP contribution in [0.25, 0.3) is 0 Å². The van der Waals surface area contributed by atoms with Crippen LogP contribution >= 0.6 is 0 Å². The first kappa shape index (κ1) is 15.5. The molecular formula is C15H14F3N3O2. The van der Waals surface area contributed by atoms with Crippen LogP contribution in [-0.2, 0) is 25.7 Å². The summed E-state index contributed by atoms with van der Waals surface area (Å²) in [4.78, 5) is 11.3. The van der Waals surface area contributed by atoms with Gasteiger partial charge in [0.1, 0.15) is 0 Å². The van der Waals surface area contributed by atoms with E-state index in [9.17, 15) is 23.1 Å². The van der Waals surface area contributed by atoms with Gasteiger partial charge in [0.15, 0.2) is 5.69 Å². The highest BCUT2D eigenvalue weighted by Crippen LogP contribution is 2.29. The highest BCUT2D eigenvalue weighted by Gasteiger charge is 2.30. The fourth-order valence-corrected chi connectivity index (χ4v) is 2.69. The minimum Gasteiger partial charge on any atom is -0.476 e. The molecule has 0 atom stereocenters. The van der Waals surface area contributed by atoms with E-state index in [4.69, 9.17) is 0 Å². The summed E-state index contributed by atoms with van der Waals surface area (Å²) in [6.45, 7) is 1.39. The maximum absolute atomic E-state index is 12.6. The fraction of sp³-hybridized carbons (Fsp3) is 0.333. The van der Waals surface area contributed by atoms with Crippen LogP contribution in [-0.4, -0.2) is 27.4 Å². The molecule has 2 heterocycles. The maximum Gasteiger partial charge on any atom is 0.416 e. The number of carboxylic acids is 1. The molecule has 2 aromatic rings. The zero-order chi connectivity index (χ0) is 16.6. The van der Waals surface area contributed by atoms with Crippen molar-refractivity contribution in [2.75, 3.05) is 6.54 Å². The van der Waals surface area contributed by atoms with Crippen molar-refractivity contribution >= 4 is 5.97 Å². The van der Waals surface area contributed by atoms with Crippen molar-refractivity contribution in [1.29, 1.82) is 0 Å². The monoisotopic (exact) mass is 325 g/mol. The summed E-state index contributed by atoms with van der Waals surface area (Å²) in [6.07, 6.45) is -3.73. The summed E-state index contributed by atoms with van der Waals surface area (Å²) < 4.78 is 39.3. The predicted molar refractivity (Wildman–Crippen MR) is 75.1 cm³/mol. The zero-order valence-corrected chi connectivity index (χ0v) is 12.0. The lowest BCUT2D eigenvalue weighted by molar-refractivity contribution is -0.137. The topological polar surface area (TPSA) is 67.1 Å². The Bertz CT molecular complexity index is 736.